The van der Waals surface area contributed by atoms with Crippen LogP contribution in [0.2, 0.25) is 0 Å². The molecule has 3 rings (SSSR count). The van der Waals surface area contributed by atoms with Crippen LogP contribution in [0, 0.1) is 0 Å². The molecule has 0 aliphatic carbocycles. The molecular formula is C11H14N2O2. The molecule has 2 fully saturated rings. The number of hydrogen-bond acceptors (Lipinski definition) is 4. The fourth-order valence-corrected chi connectivity index (χ4v) is 2.19. The highest BCUT2D eigenvalue weighted by Crippen LogP contribution is 2.34. The summed E-state index contributed by atoms with van der Waals surface area (Å²) >= 11 is 0. The van der Waals surface area contributed by atoms with Crippen molar-refractivity contribution in [3.05, 3.63) is 29.8 Å². The van der Waals surface area contributed by atoms with Gasteiger partial charge in [0.1, 0.15) is 19.6 Å². The Morgan fingerprint density at radius 2 is 2.00 bits per heavy atom. The molecule has 4 heteroatoms. The van der Waals surface area contributed by atoms with E-state index in [1.165, 1.54) is 5.56 Å². The highest BCUT2D eigenvalue weighted by molar-refractivity contribution is 5.40. The van der Waals surface area contributed by atoms with Crippen molar-refractivity contribution >= 4 is 5.69 Å². The lowest BCUT2D eigenvalue weighted by molar-refractivity contribution is 0.0370. The average molecular weight is 206 g/mol. The highest BCUT2D eigenvalue weighted by Gasteiger charge is 2.39. The number of rotatable bonds is 1. The maximum absolute atomic E-state index is 5.75. The quantitative estimate of drug-likeness (QED) is 0.695. The van der Waals surface area contributed by atoms with Crippen LogP contribution in [0.3, 0.4) is 0 Å². The predicted molar refractivity (Wildman–Crippen MR) is 56.0 cm³/mol. The zero-order chi connectivity index (χ0) is 10.3. The largest absolute Gasteiger partial charge is 0.399 e. The normalized spacial score (nSPS) is 30.7. The minimum absolute atomic E-state index is 0.132. The van der Waals surface area contributed by atoms with Gasteiger partial charge in [0.25, 0.3) is 0 Å². The first-order chi connectivity index (χ1) is 7.34. The lowest BCUT2D eigenvalue weighted by Crippen LogP contribution is -2.27. The second kappa shape index (κ2) is 3.48. The number of nitrogens with two attached hydrogens (primary N) is 1. The van der Waals surface area contributed by atoms with Crippen molar-refractivity contribution in [1.29, 1.82) is 0 Å². The molecular weight excluding hydrogens is 192 g/mol. The Hall–Kier alpha value is -1.10. The van der Waals surface area contributed by atoms with Crippen molar-refractivity contribution in [2.75, 3.05) is 25.8 Å². The third-order valence-corrected chi connectivity index (χ3v) is 3.05. The Labute approximate surface area is 88.6 Å². The first-order valence-corrected chi connectivity index (χ1v) is 5.13. The number of nitrogen functional groups attached to an aromatic ring is 1. The van der Waals surface area contributed by atoms with E-state index in [2.05, 4.69) is 4.90 Å². The molecule has 2 N–H and O–H groups in total. The van der Waals surface area contributed by atoms with Crippen molar-refractivity contribution in [3.8, 4) is 0 Å². The molecule has 0 spiro atoms. The van der Waals surface area contributed by atoms with Crippen molar-refractivity contribution < 1.29 is 9.47 Å². The van der Waals surface area contributed by atoms with Crippen LogP contribution in [0.5, 0.6) is 0 Å². The van der Waals surface area contributed by atoms with Gasteiger partial charge in [-0.15, -0.1) is 0 Å². The molecule has 1 aromatic rings. The molecule has 0 radical (unpaired) electrons. The Balaban J connectivity index is 1.85. The SMILES string of the molecule is Nc1ccc([C@H]2OCN3COCC23)cc1. The van der Waals surface area contributed by atoms with Gasteiger partial charge in [-0.25, -0.2) is 4.90 Å². The summed E-state index contributed by atoms with van der Waals surface area (Å²) in [6.45, 7) is 2.12. The molecule has 0 saturated carbocycles. The number of anilines is 1. The van der Waals surface area contributed by atoms with Gasteiger partial charge in [0, 0.05) is 5.69 Å². The van der Waals surface area contributed by atoms with Crippen molar-refractivity contribution in [1.82, 2.24) is 4.90 Å². The summed E-state index contributed by atoms with van der Waals surface area (Å²) in [4.78, 5) is 2.21. The van der Waals surface area contributed by atoms with Gasteiger partial charge in [0.05, 0.1) is 12.6 Å². The number of hydrogen-bond donors (Lipinski definition) is 1. The van der Waals surface area contributed by atoms with Crippen LogP contribution < -0.4 is 5.73 Å². The summed E-state index contributed by atoms with van der Waals surface area (Å²) in [6.07, 6.45) is 0.132. The third-order valence-electron chi connectivity index (χ3n) is 3.05. The van der Waals surface area contributed by atoms with E-state index < -0.39 is 0 Å². The summed E-state index contributed by atoms with van der Waals surface area (Å²) < 4.78 is 11.2. The smallest absolute Gasteiger partial charge is 0.102 e. The van der Waals surface area contributed by atoms with Crippen LogP contribution in [-0.4, -0.2) is 31.0 Å². The Morgan fingerprint density at radius 3 is 2.80 bits per heavy atom. The molecule has 2 aliphatic heterocycles. The standard InChI is InChI=1S/C11H14N2O2/c12-9-3-1-8(2-4-9)11-10-5-14-6-13(10)7-15-11/h1-4,10-11H,5-7,12H2/t10?,11-/m1/s1. The van der Waals surface area contributed by atoms with E-state index in [9.17, 15) is 0 Å². The van der Waals surface area contributed by atoms with E-state index in [1.807, 2.05) is 24.3 Å². The van der Waals surface area contributed by atoms with E-state index in [0.717, 1.165) is 12.3 Å². The minimum Gasteiger partial charge on any atom is -0.399 e. The van der Waals surface area contributed by atoms with E-state index in [1.54, 1.807) is 0 Å². The van der Waals surface area contributed by atoms with Crippen LogP contribution in [0.25, 0.3) is 0 Å². The zero-order valence-electron chi connectivity index (χ0n) is 8.43. The van der Waals surface area contributed by atoms with Gasteiger partial charge in [0.2, 0.25) is 0 Å². The summed E-state index contributed by atoms with van der Waals surface area (Å²) in [5.74, 6) is 0. The van der Waals surface area contributed by atoms with E-state index >= 15 is 0 Å². The van der Waals surface area contributed by atoms with Crippen molar-refractivity contribution in [2.24, 2.45) is 0 Å². The molecule has 4 nitrogen and oxygen atoms in total. The number of benzene rings is 1. The second-order valence-corrected chi connectivity index (χ2v) is 4.04. The molecule has 1 aromatic carbocycles. The lowest BCUT2D eigenvalue weighted by Gasteiger charge is -2.16. The molecule has 80 valence electrons. The lowest BCUT2D eigenvalue weighted by atomic mass is 10.0. The van der Waals surface area contributed by atoms with E-state index in [-0.39, 0.29) is 6.10 Å². The first kappa shape index (κ1) is 9.15. The molecule has 0 aromatic heterocycles. The van der Waals surface area contributed by atoms with Crippen LogP contribution in [0.1, 0.15) is 11.7 Å². The minimum atomic E-state index is 0.132. The molecule has 0 bridgehead atoms. The second-order valence-electron chi connectivity index (χ2n) is 4.04. The van der Waals surface area contributed by atoms with Gasteiger partial charge >= 0.3 is 0 Å². The van der Waals surface area contributed by atoms with Gasteiger partial charge < -0.3 is 15.2 Å². The summed E-state index contributed by atoms with van der Waals surface area (Å²) in [7, 11) is 0. The Morgan fingerprint density at radius 1 is 1.20 bits per heavy atom. The summed E-state index contributed by atoms with van der Waals surface area (Å²) in [5, 5.41) is 0. The zero-order valence-corrected chi connectivity index (χ0v) is 8.43. The highest BCUT2D eigenvalue weighted by atomic mass is 16.6. The fourth-order valence-electron chi connectivity index (χ4n) is 2.19. The average Bonchev–Trinajstić information content (AvgIpc) is 2.80. The molecule has 15 heavy (non-hydrogen) atoms. The van der Waals surface area contributed by atoms with Gasteiger partial charge in [-0.3, -0.25) is 0 Å². The van der Waals surface area contributed by atoms with Crippen LogP contribution >= 0.6 is 0 Å². The van der Waals surface area contributed by atoms with Crippen LogP contribution in [0.4, 0.5) is 5.69 Å². The van der Waals surface area contributed by atoms with Gasteiger partial charge in [0.15, 0.2) is 0 Å². The van der Waals surface area contributed by atoms with Crippen molar-refractivity contribution in [2.45, 2.75) is 12.1 Å². The number of fused-ring (bicyclic) bond motifs is 1. The van der Waals surface area contributed by atoms with E-state index in [4.69, 9.17) is 15.2 Å². The van der Waals surface area contributed by atoms with Gasteiger partial charge in [-0.2, -0.15) is 0 Å². The maximum Gasteiger partial charge on any atom is 0.102 e. The Bertz CT molecular complexity index is 352. The first-order valence-electron chi connectivity index (χ1n) is 5.13. The molecule has 2 aliphatic rings. The fraction of sp³-hybridized carbons (Fsp3) is 0.455. The molecule has 0 amide bonds. The molecule has 2 heterocycles. The predicted octanol–water partition coefficient (Wildman–Crippen LogP) is 0.956. The topological polar surface area (TPSA) is 47.7 Å². The Kier molecular flexibility index (Phi) is 2.12. The van der Waals surface area contributed by atoms with Crippen LogP contribution in [0.15, 0.2) is 24.3 Å². The maximum atomic E-state index is 5.75. The van der Waals surface area contributed by atoms with Gasteiger partial charge in [-0.05, 0) is 17.7 Å². The molecule has 1 unspecified atom stereocenters. The summed E-state index contributed by atoms with van der Waals surface area (Å²) in [6, 6.07) is 8.26. The van der Waals surface area contributed by atoms with E-state index in [0.29, 0.717) is 19.5 Å². The van der Waals surface area contributed by atoms with Crippen LogP contribution in [-0.2, 0) is 9.47 Å². The monoisotopic (exact) mass is 206 g/mol. The molecule has 2 atom stereocenters. The summed E-state index contributed by atoms with van der Waals surface area (Å²) in [5.41, 5.74) is 7.63. The van der Waals surface area contributed by atoms with Crippen molar-refractivity contribution in [3.63, 3.8) is 0 Å². The molecule has 2 saturated heterocycles. The third kappa shape index (κ3) is 1.51. The van der Waals surface area contributed by atoms with Gasteiger partial charge in [-0.1, -0.05) is 12.1 Å². The number of nitrogens with zero attached hydrogens (tertiary/aromatic N) is 1. The number of ether oxygens (including phenoxy) is 2.